The van der Waals surface area contributed by atoms with Crippen LogP contribution in [0.1, 0.15) is 21.7 Å². The molecule has 1 amide bonds. The Labute approximate surface area is 122 Å². The highest BCUT2D eigenvalue weighted by Gasteiger charge is 2.23. The van der Waals surface area contributed by atoms with E-state index in [4.69, 9.17) is 0 Å². The van der Waals surface area contributed by atoms with Gasteiger partial charge in [-0.05, 0) is 24.5 Å². The molecule has 0 radical (unpaired) electrons. The molecule has 5 heteroatoms. The van der Waals surface area contributed by atoms with Crippen molar-refractivity contribution in [2.45, 2.75) is 32.5 Å². The van der Waals surface area contributed by atoms with Gasteiger partial charge in [-0.25, -0.2) is 4.98 Å². The fourth-order valence-electron chi connectivity index (χ4n) is 2.43. The van der Waals surface area contributed by atoms with Gasteiger partial charge in [-0.1, -0.05) is 24.3 Å². The fourth-order valence-corrected chi connectivity index (χ4v) is 3.14. The number of benzene rings is 1. The molecule has 1 aromatic carbocycles. The summed E-state index contributed by atoms with van der Waals surface area (Å²) in [6.45, 7) is 3.29. The highest BCUT2D eigenvalue weighted by atomic mass is 32.1. The quantitative estimate of drug-likeness (QED) is 0.905. The Morgan fingerprint density at radius 3 is 3.00 bits per heavy atom. The number of carbonyl (C=O) groups excluding carboxylic acids is 1. The predicted octanol–water partition coefficient (Wildman–Crippen LogP) is 1.78. The number of aromatic nitrogens is 1. The van der Waals surface area contributed by atoms with E-state index in [9.17, 15) is 4.79 Å². The molecule has 2 heterocycles. The smallest absolute Gasteiger partial charge is 0.237 e. The van der Waals surface area contributed by atoms with Crippen LogP contribution in [0.3, 0.4) is 0 Å². The lowest BCUT2D eigenvalue weighted by molar-refractivity contribution is -0.123. The number of aryl methyl sites for hydroxylation is 1. The molecule has 4 nitrogen and oxygen atoms in total. The Bertz CT molecular complexity index is 623. The average molecular weight is 287 g/mol. The molecule has 3 rings (SSSR count). The first-order chi connectivity index (χ1) is 9.74. The van der Waals surface area contributed by atoms with Crippen LogP contribution in [0.4, 0.5) is 0 Å². The first-order valence-corrected chi connectivity index (χ1v) is 7.59. The van der Waals surface area contributed by atoms with Gasteiger partial charge in [0.05, 0.1) is 23.8 Å². The molecule has 1 atom stereocenters. The molecule has 1 aliphatic heterocycles. The lowest BCUT2D eigenvalue weighted by Crippen LogP contribution is -2.47. The van der Waals surface area contributed by atoms with E-state index in [0.717, 1.165) is 23.5 Å². The largest absolute Gasteiger partial charge is 0.350 e. The standard InChI is InChI=1S/C15H17N3OS/c1-10-14(20-9-18-10)8-17-15(19)13-6-11-4-2-3-5-12(11)7-16-13/h2-5,9,13,16H,6-8H2,1H3,(H,17,19). The van der Waals surface area contributed by atoms with Crippen molar-refractivity contribution in [3.05, 3.63) is 51.5 Å². The van der Waals surface area contributed by atoms with E-state index in [2.05, 4.69) is 27.8 Å². The lowest BCUT2D eigenvalue weighted by Gasteiger charge is -2.25. The maximum Gasteiger partial charge on any atom is 0.237 e. The minimum atomic E-state index is -0.141. The first-order valence-electron chi connectivity index (χ1n) is 6.71. The third kappa shape index (κ3) is 2.73. The molecule has 0 fully saturated rings. The van der Waals surface area contributed by atoms with E-state index in [1.54, 1.807) is 11.3 Å². The summed E-state index contributed by atoms with van der Waals surface area (Å²) in [6.07, 6.45) is 0.754. The van der Waals surface area contributed by atoms with Crippen molar-refractivity contribution >= 4 is 17.2 Å². The number of nitrogens with zero attached hydrogens (tertiary/aromatic N) is 1. The molecule has 0 bridgehead atoms. The second-order valence-electron chi connectivity index (χ2n) is 4.99. The van der Waals surface area contributed by atoms with Gasteiger partial charge in [-0.15, -0.1) is 11.3 Å². The summed E-state index contributed by atoms with van der Waals surface area (Å²) in [5.74, 6) is 0.0623. The van der Waals surface area contributed by atoms with Gasteiger partial charge < -0.3 is 10.6 Å². The van der Waals surface area contributed by atoms with Gasteiger partial charge >= 0.3 is 0 Å². The van der Waals surface area contributed by atoms with Gasteiger partial charge in [-0.2, -0.15) is 0 Å². The second kappa shape index (κ2) is 5.73. The van der Waals surface area contributed by atoms with Crippen LogP contribution < -0.4 is 10.6 Å². The number of rotatable bonds is 3. The van der Waals surface area contributed by atoms with Gasteiger partial charge in [0.2, 0.25) is 5.91 Å². The van der Waals surface area contributed by atoms with E-state index >= 15 is 0 Å². The molecule has 1 aliphatic rings. The molecule has 20 heavy (non-hydrogen) atoms. The van der Waals surface area contributed by atoms with E-state index in [1.165, 1.54) is 11.1 Å². The number of hydrogen-bond acceptors (Lipinski definition) is 4. The van der Waals surface area contributed by atoms with Gasteiger partial charge in [0.25, 0.3) is 0 Å². The number of fused-ring (bicyclic) bond motifs is 1. The Kier molecular flexibility index (Phi) is 3.80. The highest BCUT2D eigenvalue weighted by Crippen LogP contribution is 2.17. The molecular formula is C15H17N3OS. The molecule has 0 saturated heterocycles. The average Bonchev–Trinajstić information content (AvgIpc) is 2.89. The van der Waals surface area contributed by atoms with Gasteiger partial charge in [0.15, 0.2) is 0 Å². The van der Waals surface area contributed by atoms with Crippen molar-refractivity contribution in [3.63, 3.8) is 0 Å². The normalized spacial score (nSPS) is 17.6. The van der Waals surface area contributed by atoms with Crippen molar-refractivity contribution < 1.29 is 4.79 Å². The fraction of sp³-hybridized carbons (Fsp3) is 0.333. The minimum absolute atomic E-state index is 0.0623. The maximum atomic E-state index is 12.2. The summed E-state index contributed by atoms with van der Waals surface area (Å²) in [6, 6.07) is 8.13. The van der Waals surface area contributed by atoms with Crippen molar-refractivity contribution in [2.24, 2.45) is 0 Å². The first kappa shape index (κ1) is 13.3. The third-order valence-electron chi connectivity index (χ3n) is 3.67. The number of hydrogen-bond donors (Lipinski definition) is 2. The van der Waals surface area contributed by atoms with Crippen LogP contribution in [0.5, 0.6) is 0 Å². The SMILES string of the molecule is Cc1ncsc1CNC(=O)C1Cc2ccccc2CN1. The summed E-state index contributed by atoms with van der Waals surface area (Å²) in [5.41, 5.74) is 5.36. The zero-order valence-corrected chi connectivity index (χ0v) is 12.2. The monoisotopic (exact) mass is 287 g/mol. The van der Waals surface area contributed by atoms with Crippen LogP contribution in [0, 0.1) is 6.92 Å². The summed E-state index contributed by atoms with van der Waals surface area (Å²) in [4.78, 5) is 17.5. The number of thiazole rings is 1. The molecule has 0 saturated carbocycles. The predicted molar refractivity (Wildman–Crippen MR) is 79.5 cm³/mol. The van der Waals surface area contributed by atoms with Crippen LogP contribution in [0.25, 0.3) is 0 Å². The van der Waals surface area contributed by atoms with E-state index in [1.807, 2.05) is 24.6 Å². The molecule has 2 N–H and O–H groups in total. The highest BCUT2D eigenvalue weighted by molar-refractivity contribution is 7.09. The molecule has 1 unspecified atom stereocenters. The zero-order valence-electron chi connectivity index (χ0n) is 11.3. The van der Waals surface area contributed by atoms with Gasteiger partial charge in [0, 0.05) is 11.4 Å². The zero-order chi connectivity index (χ0) is 13.9. The summed E-state index contributed by atoms with van der Waals surface area (Å²) < 4.78 is 0. The Morgan fingerprint density at radius 1 is 1.45 bits per heavy atom. The number of nitrogens with one attached hydrogen (secondary N) is 2. The number of carbonyl (C=O) groups is 1. The van der Waals surface area contributed by atoms with Crippen LogP contribution in [0.2, 0.25) is 0 Å². The Hall–Kier alpha value is -1.72. The van der Waals surface area contributed by atoms with Crippen LogP contribution in [-0.2, 0) is 24.3 Å². The van der Waals surface area contributed by atoms with Crippen molar-refractivity contribution in [3.8, 4) is 0 Å². The van der Waals surface area contributed by atoms with E-state index < -0.39 is 0 Å². The van der Waals surface area contributed by atoms with Gasteiger partial charge in [-0.3, -0.25) is 4.79 Å². The molecular weight excluding hydrogens is 270 g/mol. The third-order valence-corrected chi connectivity index (χ3v) is 4.60. The van der Waals surface area contributed by atoms with Crippen molar-refractivity contribution in [1.82, 2.24) is 15.6 Å². The van der Waals surface area contributed by atoms with Crippen LogP contribution >= 0.6 is 11.3 Å². The molecule has 1 aromatic heterocycles. The van der Waals surface area contributed by atoms with E-state index in [0.29, 0.717) is 6.54 Å². The molecule has 0 spiro atoms. The summed E-state index contributed by atoms with van der Waals surface area (Å²) >= 11 is 1.58. The van der Waals surface area contributed by atoms with Crippen molar-refractivity contribution in [2.75, 3.05) is 0 Å². The molecule has 0 aliphatic carbocycles. The van der Waals surface area contributed by atoms with Crippen molar-refractivity contribution in [1.29, 1.82) is 0 Å². The molecule has 104 valence electrons. The minimum Gasteiger partial charge on any atom is -0.350 e. The summed E-state index contributed by atoms with van der Waals surface area (Å²) in [7, 11) is 0. The van der Waals surface area contributed by atoms with E-state index in [-0.39, 0.29) is 11.9 Å². The second-order valence-corrected chi connectivity index (χ2v) is 5.92. The Morgan fingerprint density at radius 2 is 2.25 bits per heavy atom. The summed E-state index contributed by atoms with van der Waals surface area (Å²) in [5, 5.41) is 6.29. The van der Waals surface area contributed by atoms with Gasteiger partial charge in [0.1, 0.15) is 0 Å². The topological polar surface area (TPSA) is 54.0 Å². The molecule has 2 aromatic rings. The maximum absolute atomic E-state index is 12.2. The van der Waals surface area contributed by atoms with Crippen LogP contribution in [0.15, 0.2) is 29.8 Å². The van der Waals surface area contributed by atoms with Crippen LogP contribution in [-0.4, -0.2) is 16.9 Å². The lowest BCUT2D eigenvalue weighted by atomic mass is 9.95. The number of amides is 1. The Balaban J connectivity index is 1.60.